The number of carbonyl (C=O) groups excluding carboxylic acids is 1. The molecule has 1 atom stereocenters. The molecule has 0 radical (unpaired) electrons. The van der Waals surface area contributed by atoms with E-state index in [-0.39, 0.29) is 12.2 Å². The molecule has 2 saturated heterocycles. The maximum absolute atomic E-state index is 12.1. The quantitative estimate of drug-likeness (QED) is 0.720. The van der Waals surface area contributed by atoms with Gasteiger partial charge in [-0.25, -0.2) is 4.79 Å². The lowest BCUT2D eigenvalue weighted by Crippen LogP contribution is -2.31. The number of carbonyl (C=O) groups is 1. The summed E-state index contributed by atoms with van der Waals surface area (Å²) in [6.07, 6.45) is 4.58. The monoisotopic (exact) mass is 332 g/mol. The number of hydrogen-bond acceptors (Lipinski definition) is 4. The topological polar surface area (TPSA) is 42.0 Å². The molecule has 1 aromatic carbocycles. The van der Waals surface area contributed by atoms with Gasteiger partial charge >= 0.3 is 6.09 Å². The van der Waals surface area contributed by atoms with Gasteiger partial charge in [0.2, 0.25) is 0 Å². The van der Waals surface area contributed by atoms with Crippen molar-refractivity contribution in [2.24, 2.45) is 0 Å². The fourth-order valence-corrected chi connectivity index (χ4v) is 3.39. The molecule has 1 aromatic rings. The van der Waals surface area contributed by atoms with Crippen LogP contribution in [0.1, 0.15) is 31.2 Å². The number of likely N-dealkylation sites (tertiary alicyclic amines) is 2. The van der Waals surface area contributed by atoms with E-state index in [0.717, 1.165) is 38.1 Å². The Morgan fingerprint density at radius 3 is 2.71 bits per heavy atom. The molecule has 0 spiro atoms. The van der Waals surface area contributed by atoms with Crippen molar-refractivity contribution in [3.05, 3.63) is 35.9 Å². The van der Waals surface area contributed by atoms with Crippen LogP contribution in [0.5, 0.6) is 0 Å². The zero-order valence-corrected chi connectivity index (χ0v) is 14.4. The lowest BCUT2D eigenvalue weighted by Gasteiger charge is -2.17. The van der Waals surface area contributed by atoms with Crippen LogP contribution < -0.4 is 0 Å². The first-order chi connectivity index (χ1) is 11.8. The number of ether oxygens (including phenoxy) is 2. The second-order valence-electron chi connectivity index (χ2n) is 6.67. The van der Waals surface area contributed by atoms with Gasteiger partial charge in [0.1, 0.15) is 6.61 Å². The smallest absolute Gasteiger partial charge is 0.410 e. The first-order valence-electron chi connectivity index (χ1n) is 9.11. The summed E-state index contributed by atoms with van der Waals surface area (Å²) in [6.45, 7) is 6.11. The maximum Gasteiger partial charge on any atom is 0.410 e. The van der Waals surface area contributed by atoms with Gasteiger partial charge < -0.3 is 19.3 Å². The summed E-state index contributed by atoms with van der Waals surface area (Å²) in [7, 11) is 0. The van der Waals surface area contributed by atoms with Crippen molar-refractivity contribution < 1.29 is 14.3 Å². The van der Waals surface area contributed by atoms with Crippen LogP contribution in [0.3, 0.4) is 0 Å². The molecule has 2 heterocycles. The van der Waals surface area contributed by atoms with E-state index in [0.29, 0.717) is 13.2 Å². The molecule has 2 aliphatic rings. The molecule has 0 N–H and O–H groups in total. The average Bonchev–Trinajstić information content (AvgIpc) is 3.29. The van der Waals surface area contributed by atoms with Crippen molar-refractivity contribution >= 4 is 6.09 Å². The predicted octanol–water partition coefficient (Wildman–Crippen LogP) is 2.90. The first-order valence-corrected chi connectivity index (χ1v) is 9.11. The van der Waals surface area contributed by atoms with Crippen molar-refractivity contribution in [3.63, 3.8) is 0 Å². The van der Waals surface area contributed by atoms with Crippen molar-refractivity contribution in [3.8, 4) is 0 Å². The highest BCUT2D eigenvalue weighted by Gasteiger charge is 2.27. The van der Waals surface area contributed by atoms with E-state index in [1.807, 2.05) is 30.3 Å². The number of nitrogens with zero attached hydrogens (tertiary/aromatic N) is 2. The van der Waals surface area contributed by atoms with E-state index in [9.17, 15) is 4.79 Å². The van der Waals surface area contributed by atoms with Gasteiger partial charge in [-0.15, -0.1) is 0 Å². The van der Waals surface area contributed by atoms with E-state index in [4.69, 9.17) is 9.47 Å². The zero-order valence-electron chi connectivity index (χ0n) is 14.4. The van der Waals surface area contributed by atoms with E-state index in [1.54, 1.807) is 4.90 Å². The van der Waals surface area contributed by atoms with Gasteiger partial charge in [0, 0.05) is 19.7 Å². The number of benzene rings is 1. The molecule has 132 valence electrons. The molecular formula is C19H28N2O3. The van der Waals surface area contributed by atoms with Crippen LogP contribution in [-0.4, -0.2) is 61.3 Å². The average molecular weight is 332 g/mol. The van der Waals surface area contributed by atoms with Gasteiger partial charge in [-0.3, -0.25) is 0 Å². The first kappa shape index (κ1) is 17.2. The third-order valence-corrected chi connectivity index (χ3v) is 4.78. The molecule has 2 fully saturated rings. The Hall–Kier alpha value is -1.59. The van der Waals surface area contributed by atoms with Crippen molar-refractivity contribution in [2.45, 2.75) is 38.4 Å². The lowest BCUT2D eigenvalue weighted by molar-refractivity contribution is 0.0493. The molecular weight excluding hydrogens is 304 g/mol. The van der Waals surface area contributed by atoms with Gasteiger partial charge in [0.15, 0.2) is 0 Å². The molecule has 1 amide bonds. The maximum atomic E-state index is 12.1. The minimum atomic E-state index is -0.234. The summed E-state index contributed by atoms with van der Waals surface area (Å²) in [4.78, 5) is 16.4. The normalized spacial score (nSPS) is 21.3. The van der Waals surface area contributed by atoms with Crippen LogP contribution in [0, 0.1) is 0 Å². The number of hydrogen-bond donors (Lipinski definition) is 0. The molecule has 5 nitrogen and oxygen atoms in total. The van der Waals surface area contributed by atoms with Crippen LogP contribution in [-0.2, 0) is 16.1 Å². The molecule has 0 aromatic heterocycles. The Morgan fingerprint density at radius 1 is 1.12 bits per heavy atom. The Morgan fingerprint density at radius 2 is 1.92 bits per heavy atom. The molecule has 0 bridgehead atoms. The number of amides is 1. The van der Waals surface area contributed by atoms with E-state index >= 15 is 0 Å². The summed E-state index contributed by atoms with van der Waals surface area (Å²) >= 11 is 0. The van der Waals surface area contributed by atoms with Crippen LogP contribution in [0.2, 0.25) is 0 Å². The number of rotatable bonds is 7. The van der Waals surface area contributed by atoms with Gasteiger partial charge in [-0.2, -0.15) is 0 Å². The highest BCUT2D eigenvalue weighted by atomic mass is 16.6. The third kappa shape index (κ3) is 5.21. The Kier molecular flexibility index (Phi) is 6.49. The lowest BCUT2D eigenvalue weighted by atomic mass is 10.2. The molecule has 2 aliphatic heterocycles. The molecule has 3 rings (SSSR count). The standard InChI is InChI=1S/C19H28N2O3/c22-19(24-16-17-7-2-1-3-8-17)21-13-9-18(15-21)23-14-6-12-20-10-4-5-11-20/h1-3,7-8,18H,4-6,9-16H2/t18-/m1/s1. The summed E-state index contributed by atoms with van der Waals surface area (Å²) in [5, 5.41) is 0. The van der Waals surface area contributed by atoms with Crippen molar-refractivity contribution in [2.75, 3.05) is 39.3 Å². The van der Waals surface area contributed by atoms with E-state index in [1.165, 1.54) is 25.9 Å². The van der Waals surface area contributed by atoms with E-state index in [2.05, 4.69) is 4.90 Å². The Bertz CT molecular complexity index is 503. The minimum absolute atomic E-state index is 0.160. The Labute approximate surface area is 144 Å². The van der Waals surface area contributed by atoms with Crippen LogP contribution in [0.15, 0.2) is 30.3 Å². The van der Waals surface area contributed by atoms with Gasteiger partial charge in [0.25, 0.3) is 0 Å². The van der Waals surface area contributed by atoms with Gasteiger partial charge in [-0.05, 0) is 44.3 Å². The molecule has 5 heteroatoms. The minimum Gasteiger partial charge on any atom is -0.445 e. The largest absolute Gasteiger partial charge is 0.445 e. The van der Waals surface area contributed by atoms with Crippen molar-refractivity contribution in [1.29, 1.82) is 0 Å². The van der Waals surface area contributed by atoms with Gasteiger partial charge in [-0.1, -0.05) is 30.3 Å². The fourth-order valence-electron chi connectivity index (χ4n) is 3.39. The highest BCUT2D eigenvalue weighted by Crippen LogP contribution is 2.15. The predicted molar refractivity (Wildman–Crippen MR) is 92.8 cm³/mol. The summed E-state index contributed by atoms with van der Waals surface area (Å²) < 4.78 is 11.3. The molecule has 0 unspecified atom stereocenters. The van der Waals surface area contributed by atoms with Crippen LogP contribution in [0.4, 0.5) is 4.79 Å². The van der Waals surface area contributed by atoms with E-state index < -0.39 is 0 Å². The van der Waals surface area contributed by atoms with Gasteiger partial charge in [0.05, 0.1) is 12.6 Å². The molecule has 0 saturated carbocycles. The second-order valence-corrected chi connectivity index (χ2v) is 6.67. The second kappa shape index (κ2) is 9.04. The summed E-state index contributed by atoms with van der Waals surface area (Å²) in [5.41, 5.74) is 1.01. The third-order valence-electron chi connectivity index (χ3n) is 4.78. The van der Waals surface area contributed by atoms with Crippen LogP contribution in [0.25, 0.3) is 0 Å². The highest BCUT2D eigenvalue weighted by molar-refractivity contribution is 5.68. The van der Waals surface area contributed by atoms with Crippen molar-refractivity contribution in [1.82, 2.24) is 9.80 Å². The molecule has 24 heavy (non-hydrogen) atoms. The summed E-state index contributed by atoms with van der Waals surface area (Å²) in [6, 6.07) is 9.78. The molecule has 0 aliphatic carbocycles. The fraction of sp³-hybridized carbons (Fsp3) is 0.632. The Balaban J connectivity index is 1.29. The summed E-state index contributed by atoms with van der Waals surface area (Å²) in [5.74, 6) is 0. The van der Waals surface area contributed by atoms with Crippen LogP contribution >= 0.6 is 0 Å². The zero-order chi connectivity index (χ0) is 16.6. The SMILES string of the molecule is O=C(OCc1ccccc1)N1CC[C@@H](OCCCN2CCCC2)C1.